The summed E-state index contributed by atoms with van der Waals surface area (Å²) in [5.74, 6) is 0. The molecule has 0 aromatic heterocycles. The Balaban J connectivity index is 1.76. The number of hydrogen-bond acceptors (Lipinski definition) is 3. The van der Waals surface area contributed by atoms with E-state index < -0.39 is 10.0 Å². The van der Waals surface area contributed by atoms with Crippen molar-refractivity contribution in [1.82, 2.24) is 4.72 Å². The van der Waals surface area contributed by atoms with Gasteiger partial charge >= 0.3 is 0 Å². The zero-order valence-corrected chi connectivity index (χ0v) is 12.8. The van der Waals surface area contributed by atoms with Crippen LogP contribution in [0.2, 0.25) is 5.02 Å². The van der Waals surface area contributed by atoms with Crippen LogP contribution in [0, 0.1) is 0 Å². The number of rotatable bonds is 6. The molecule has 112 valence electrons. The molecule has 0 spiro atoms. The lowest BCUT2D eigenvalue weighted by Crippen LogP contribution is -3.14. The first-order valence-electron chi connectivity index (χ1n) is 6.74. The van der Waals surface area contributed by atoms with Gasteiger partial charge in [-0.25, -0.2) is 13.1 Å². The molecule has 7 heteroatoms. The summed E-state index contributed by atoms with van der Waals surface area (Å²) in [6, 6.07) is 6.18. The Hall–Kier alpha value is -0.660. The molecule has 0 atom stereocenters. The number of hydrogen-bond donors (Lipinski definition) is 2. The molecule has 0 aliphatic carbocycles. The van der Waals surface area contributed by atoms with Gasteiger partial charge in [0.15, 0.2) is 0 Å². The third-order valence-corrected chi connectivity index (χ3v) is 5.05. The first-order chi connectivity index (χ1) is 9.58. The van der Waals surface area contributed by atoms with E-state index in [0.29, 0.717) is 11.6 Å². The van der Waals surface area contributed by atoms with Crippen LogP contribution in [0.15, 0.2) is 29.2 Å². The van der Waals surface area contributed by atoms with Crippen molar-refractivity contribution < 1.29 is 18.1 Å². The largest absolute Gasteiger partial charge is 0.370 e. The van der Waals surface area contributed by atoms with Crippen LogP contribution in [-0.4, -0.2) is 47.8 Å². The lowest BCUT2D eigenvalue weighted by Gasteiger charge is -2.23. The van der Waals surface area contributed by atoms with Crippen molar-refractivity contribution >= 4 is 21.6 Å². The van der Waals surface area contributed by atoms with E-state index in [1.165, 1.54) is 17.0 Å². The van der Waals surface area contributed by atoms with E-state index in [-0.39, 0.29) is 4.90 Å². The number of benzene rings is 1. The molecule has 2 N–H and O–H groups in total. The van der Waals surface area contributed by atoms with Crippen molar-refractivity contribution in [3.8, 4) is 0 Å². The Morgan fingerprint density at radius 2 is 1.85 bits per heavy atom. The summed E-state index contributed by atoms with van der Waals surface area (Å²) in [6.07, 6.45) is 0.822. The second-order valence-electron chi connectivity index (χ2n) is 4.82. The van der Waals surface area contributed by atoms with Crippen molar-refractivity contribution in [2.45, 2.75) is 11.3 Å². The van der Waals surface area contributed by atoms with Gasteiger partial charge in [-0.05, 0) is 24.3 Å². The highest BCUT2D eigenvalue weighted by atomic mass is 35.5. The molecule has 0 amide bonds. The summed E-state index contributed by atoms with van der Waals surface area (Å²) in [5.41, 5.74) is 0. The van der Waals surface area contributed by atoms with Gasteiger partial charge in [-0.15, -0.1) is 0 Å². The standard InChI is InChI=1S/C13H19ClN2O3S/c14-12-2-4-13(5-3-12)20(17,18)15-6-1-7-16-8-10-19-11-9-16/h2-5,15H,1,6-11H2/p+1. The molecule has 1 aliphatic heterocycles. The maximum Gasteiger partial charge on any atom is 0.240 e. The lowest BCUT2D eigenvalue weighted by atomic mass is 10.3. The van der Waals surface area contributed by atoms with Gasteiger partial charge < -0.3 is 9.64 Å². The molecule has 1 aromatic carbocycles. The quantitative estimate of drug-likeness (QED) is 0.721. The smallest absolute Gasteiger partial charge is 0.240 e. The third kappa shape index (κ3) is 4.71. The van der Waals surface area contributed by atoms with Gasteiger partial charge in [0.2, 0.25) is 10.0 Å². The number of halogens is 1. The van der Waals surface area contributed by atoms with E-state index in [1.807, 2.05) is 0 Å². The molecule has 1 fully saturated rings. The van der Waals surface area contributed by atoms with Crippen molar-refractivity contribution in [2.75, 3.05) is 39.4 Å². The third-order valence-electron chi connectivity index (χ3n) is 3.32. The number of ether oxygens (including phenoxy) is 1. The molecule has 0 unspecified atom stereocenters. The Labute approximate surface area is 124 Å². The van der Waals surface area contributed by atoms with Gasteiger partial charge in [-0.1, -0.05) is 11.6 Å². The fourth-order valence-electron chi connectivity index (χ4n) is 2.15. The zero-order valence-electron chi connectivity index (χ0n) is 11.3. The predicted octanol–water partition coefficient (Wildman–Crippen LogP) is -0.0765. The van der Waals surface area contributed by atoms with Crippen molar-refractivity contribution in [3.05, 3.63) is 29.3 Å². The van der Waals surface area contributed by atoms with Gasteiger partial charge in [0.05, 0.1) is 24.7 Å². The summed E-state index contributed by atoms with van der Waals surface area (Å²) in [7, 11) is -3.42. The highest BCUT2D eigenvalue weighted by molar-refractivity contribution is 7.89. The maximum absolute atomic E-state index is 12.0. The number of morpholine rings is 1. The first kappa shape index (κ1) is 15.7. The van der Waals surface area contributed by atoms with Crippen molar-refractivity contribution in [1.29, 1.82) is 0 Å². The zero-order chi connectivity index (χ0) is 14.4. The number of sulfonamides is 1. The van der Waals surface area contributed by atoms with Crippen LogP contribution < -0.4 is 9.62 Å². The van der Waals surface area contributed by atoms with E-state index >= 15 is 0 Å². The van der Waals surface area contributed by atoms with Gasteiger partial charge in [0.25, 0.3) is 0 Å². The van der Waals surface area contributed by atoms with Crippen LogP contribution in [0.3, 0.4) is 0 Å². The molecular weight excluding hydrogens is 300 g/mol. The summed E-state index contributed by atoms with van der Waals surface area (Å²) < 4.78 is 31.9. The van der Waals surface area contributed by atoms with Crippen molar-refractivity contribution in [3.63, 3.8) is 0 Å². The molecule has 5 nitrogen and oxygen atoms in total. The molecule has 0 saturated carbocycles. The Bertz CT molecular complexity index is 513. The van der Waals surface area contributed by atoms with Gasteiger partial charge in [-0.3, -0.25) is 0 Å². The molecule has 0 radical (unpaired) electrons. The number of nitrogens with one attached hydrogen (secondary N) is 2. The van der Waals surface area contributed by atoms with Crippen LogP contribution in [-0.2, 0) is 14.8 Å². The molecule has 1 saturated heterocycles. The minimum Gasteiger partial charge on any atom is -0.370 e. The summed E-state index contributed by atoms with van der Waals surface area (Å²) in [4.78, 5) is 1.72. The van der Waals surface area contributed by atoms with E-state index in [0.717, 1.165) is 39.3 Å². The topological polar surface area (TPSA) is 59.8 Å². The molecule has 1 aliphatic rings. The second kappa shape index (κ2) is 7.38. The summed E-state index contributed by atoms with van der Waals surface area (Å²) in [5, 5.41) is 0.528. The molecular formula is C13H20ClN2O3S+. The Morgan fingerprint density at radius 3 is 2.50 bits per heavy atom. The van der Waals surface area contributed by atoms with Gasteiger partial charge in [0.1, 0.15) is 13.1 Å². The lowest BCUT2D eigenvalue weighted by molar-refractivity contribution is -0.908. The fraction of sp³-hybridized carbons (Fsp3) is 0.538. The highest BCUT2D eigenvalue weighted by Crippen LogP contribution is 2.13. The number of quaternary nitrogens is 1. The maximum atomic E-state index is 12.0. The average molecular weight is 320 g/mol. The minimum atomic E-state index is -3.42. The molecule has 2 rings (SSSR count). The predicted molar refractivity (Wildman–Crippen MR) is 77.6 cm³/mol. The molecule has 0 bridgehead atoms. The van der Waals surface area contributed by atoms with Crippen LogP contribution in [0.5, 0.6) is 0 Å². The molecule has 20 heavy (non-hydrogen) atoms. The van der Waals surface area contributed by atoms with E-state index in [1.54, 1.807) is 12.1 Å². The van der Waals surface area contributed by atoms with Crippen LogP contribution in [0.25, 0.3) is 0 Å². The first-order valence-corrected chi connectivity index (χ1v) is 8.60. The SMILES string of the molecule is O=S(=O)(NCCC[NH+]1CCOCC1)c1ccc(Cl)cc1. The van der Waals surface area contributed by atoms with Crippen LogP contribution in [0.1, 0.15) is 6.42 Å². The van der Waals surface area contributed by atoms with Crippen LogP contribution in [0.4, 0.5) is 0 Å². The normalized spacial score (nSPS) is 17.2. The Morgan fingerprint density at radius 1 is 1.20 bits per heavy atom. The minimum absolute atomic E-state index is 0.251. The Kier molecular flexibility index (Phi) is 5.80. The summed E-state index contributed by atoms with van der Waals surface area (Å²) in [6.45, 7) is 5.02. The fourth-order valence-corrected chi connectivity index (χ4v) is 3.35. The van der Waals surface area contributed by atoms with E-state index in [2.05, 4.69) is 4.72 Å². The van der Waals surface area contributed by atoms with E-state index in [9.17, 15) is 8.42 Å². The molecule has 1 aromatic rings. The van der Waals surface area contributed by atoms with Crippen LogP contribution >= 0.6 is 11.6 Å². The highest BCUT2D eigenvalue weighted by Gasteiger charge is 2.15. The average Bonchev–Trinajstić information content (AvgIpc) is 2.45. The van der Waals surface area contributed by atoms with Gasteiger partial charge in [0, 0.05) is 18.0 Å². The van der Waals surface area contributed by atoms with E-state index in [4.69, 9.17) is 16.3 Å². The monoisotopic (exact) mass is 319 g/mol. The van der Waals surface area contributed by atoms with Gasteiger partial charge in [-0.2, -0.15) is 0 Å². The molecule has 1 heterocycles. The second-order valence-corrected chi connectivity index (χ2v) is 7.02. The summed E-state index contributed by atoms with van der Waals surface area (Å²) >= 11 is 5.75. The van der Waals surface area contributed by atoms with Crippen molar-refractivity contribution in [2.24, 2.45) is 0 Å².